The lowest BCUT2D eigenvalue weighted by Gasteiger charge is -2.13. The minimum atomic E-state index is -2.56. The van der Waals surface area contributed by atoms with Gasteiger partial charge in [0.25, 0.3) is 6.43 Å². The van der Waals surface area contributed by atoms with E-state index >= 15 is 0 Å². The van der Waals surface area contributed by atoms with Crippen LogP contribution in [0.25, 0.3) is 22.2 Å². The summed E-state index contributed by atoms with van der Waals surface area (Å²) in [6.45, 7) is 8.73. The van der Waals surface area contributed by atoms with Crippen LogP contribution in [0.2, 0.25) is 0 Å². The third-order valence-corrected chi connectivity index (χ3v) is 4.85. The number of hydrogen-bond acceptors (Lipinski definition) is 5. The van der Waals surface area contributed by atoms with Crippen molar-refractivity contribution in [2.45, 2.75) is 26.7 Å². The zero-order chi connectivity index (χ0) is 23.1. The monoisotopic (exact) mass is 436 g/mol. The Balaban J connectivity index is 1.91. The lowest BCUT2D eigenvalue weighted by Crippen LogP contribution is -2.06. The highest BCUT2D eigenvalue weighted by molar-refractivity contribution is 5.96. The van der Waals surface area contributed by atoms with Crippen LogP contribution in [-0.4, -0.2) is 28.6 Å². The van der Waals surface area contributed by atoms with Crippen LogP contribution >= 0.6 is 0 Å². The molecule has 0 aliphatic rings. The number of pyridine rings is 1. The van der Waals surface area contributed by atoms with Gasteiger partial charge in [0.15, 0.2) is 0 Å². The van der Waals surface area contributed by atoms with Crippen LogP contribution in [0, 0.1) is 0 Å². The number of fused-ring (bicyclic) bond motifs is 1. The molecule has 0 spiro atoms. The molecule has 3 aromatic rings. The van der Waals surface area contributed by atoms with Gasteiger partial charge >= 0.3 is 0 Å². The maximum absolute atomic E-state index is 12.9. The highest BCUT2D eigenvalue weighted by Gasteiger charge is 2.14. The molecule has 1 N–H and O–H groups in total. The van der Waals surface area contributed by atoms with Crippen molar-refractivity contribution in [2.24, 2.45) is 0 Å². The SMILES string of the molecule is C=C(/C=C\C(C)=C\CC)CNc1ncnc2c(OC)cc(-c3ccc(C(F)F)cn3)cc12. The molecule has 5 nitrogen and oxygen atoms in total. The molecule has 0 atom stereocenters. The Morgan fingerprint density at radius 1 is 1.19 bits per heavy atom. The van der Waals surface area contributed by atoms with Gasteiger partial charge in [0, 0.05) is 29.3 Å². The molecular formula is C25H26F2N4O. The van der Waals surface area contributed by atoms with Crippen LogP contribution in [0.4, 0.5) is 14.6 Å². The molecule has 0 saturated heterocycles. The first kappa shape index (κ1) is 23.1. The molecule has 7 heteroatoms. The summed E-state index contributed by atoms with van der Waals surface area (Å²) in [5, 5.41) is 4.04. The predicted molar refractivity (Wildman–Crippen MR) is 125 cm³/mol. The molecule has 0 amide bonds. The van der Waals surface area contributed by atoms with E-state index in [9.17, 15) is 8.78 Å². The average Bonchev–Trinajstić information content (AvgIpc) is 2.80. The van der Waals surface area contributed by atoms with Gasteiger partial charge in [0.05, 0.1) is 12.8 Å². The Bertz CT molecular complexity index is 1150. The first-order valence-electron chi connectivity index (χ1n) is 10.3. The molecule has 2 heterocycles. The van der Waals surface area contributed by atoms with Gasteiger partial charge in [-0.05, 0) is 43.2 Å². The Morgan fingerprint density at radius 3 is 2.66 bits per heavy atom. The molecule has 0 bridgehead atoms. The van der Waals surface area contributed by atoms with E-state index in [1.54, 1.807) is 19.2 Å². The van der Waals surface area contributed by atoms with E-state index in [0.29, 0.717) is 34.9 Å². The van der Waals surface area contributed by atoms with Gasteiger partial charge in [-0.25, -0.2) is 18.7 Å². The fourth-order valence-corrected chi connectivity index (χ4v) is 3.18. The molecule has 0 saturated carbocycles. The largest absolute Gasteiger partial charge is 0.494 e. The topological polar surface area (TPSA) is 59.9 Å². The molecule has 3 rings (SSSR count). The number of nitrogens with zero attached hydrogens (tertiary/aromatic N) is 3. The fourth-order valence-electron chi connectivity index (χ4n) is 3.18. The number of nitrogens with one attached hydrogen (secondary N) is 1. The van der Waals surface area contributed by atoms with Crippen LogP contribution in [0.1, 0.15) is 32.3 Å². The van der Waals surface area contributed by atoms with Crippen molar-refractivity contribution < 1.29 is 13.5 Å². The zero-order valence-electron chi connectivity index (χ0n) is 18.4. The van der Waals surface area contributed by atoms with Crippen molar-refractivity contribution in [2.75, 3.05) is 19.0 Å². The molecule has 2 aromatic heterocycles. The molecule has 0 unspecified atom stereocenters. The molecule has 0 radical (unpaired) electrons. The number of methoxy groups -OCH3 is 1. The predicted octanol–water partition coefficient (Wildman–Crippen LogP) is 6.52. The van der Waals surface area contributed by atoms with Gasteiger partial charge in [-0.2, -0.15) is 0 Å². The number of allylic oxidation sites excluding steroid dienone is 3. The lowest BCUT2D eigenvalue weighted by atomic mass is 10.1. The summed E-state index contributed by atoms with van der Waals surface area (Å²) < 4.78 is 31.3. The zero-order valence-corrected chi connectivity index (χ0v) is 18.4. The Morgan fingerprint density at radius 2 is 2.00 bits per heavy atom. The van der Waals surface area contributed by atoms with Crippen LogP contribution < -0.4 is 10.1 Å². The summed E-state index contributed by atoms with van der Waals surface area (Å²) in [7, 11) is 1.56. The third kappa shape index (κ3) is 5.55. The summed E-state index contributed by atoms with van der Waals surface area (Å²) in [4.78, 5) is 12.9. The van der Waals surface area contributed by atoms with Crippen molar-refractivity contribution >= 4 is 16.7 Å². The maximum atomic E-state index is 12.9. The van der Waals surface area contributed by atoms with Crippen LogP contribution in [0.15, 0.2) is 72.7 Å². The van der Waals surface area contributed by atoms with Crippen molar-refractivity contribution in [3.05, 3.63) is 78.3 Å². The van der Waals surface area contributed by atoms with Gasteiger partial charge in [-0.3, -0.25) is 4.98 Å². The van der Waals surface area contributed by atoms with Crippen LogP contribution in [0.3, 0.4) is 0 Å². The standard InChI is InChI=1S/C25H26F2N4O/c1-5-6-16(2)7-8-17(3)13-29-25-20-11-19(12-22(32-4)23(20)30-15-31-25)21-10-9-18(14-28-21)24(26)27/h6-12,14-15,24H,3,5,13H2,1-2,4H3,(H,29,30,31)/b8-7-,16-6+. The van der Waals surface area contributed by atoms with E-state index in [4.69, 9.17) is 4.74 Å². The third-order valence-electron chi connectivity index (χ3n) is 4.85. The number of halogens is 2. The lowest BCUT2D eigenvalue weighted by molar-refractivity contribution is 0.151. The number of benzene rings is 1. The van der Waals surface area contributed by atoms with Crippen molar-refractivity contribution in [1.82, 2.24) is 15.0 Å². The molecular weight excluding hydrogens is 410 g/mol. The number of anilines is 1. The molecule has 32 heavy (non-hydrogen) atoms. The maximum Gasteiger partial charge on any atom is 0.265 e. The number of hydrogen-bond donors (Lipinski definition) is 1. The highest BCUT2D eigenvalue weighted by atomic mass is 19.3. The molecule has 0 aliphatic carbocycles. The smallest absolute Gasteiger partial charge is 0.265 e. The Hall–Kier alpha value is -3.61. The Labute approximate surface area is 186 Å². The summed E-state index contributed by atoms with van der Waals surface area (Å²) >= 11 is 0. The summed E-state index contributed by atoms with van der Waals surface area (Å²) in [6, 6.07) is 6.60. The quantitative estimate of drug-likeness (QED) is 0.387. The van der Waals surface area contributed by atoms with Crippen molar-refractivity contribution in [1.29, 1.82) is 0 Å². The summed E-state index contributed by atoms with van der Waals surface area (Å²) in [6.07, 6.45) is 7.22. The number of aromatic nitrogens is 3. The van der Waals surface area contributed by atoms with E-state index in [1.165, 1.54) is 24.2 Å². The minimum Gasteiger partial charge on any atom is -0.494 e. The molecule has 0 aliphatic heterocycles. The second kappa shape index (κ2) is 10.6. The molecule has 0 fully saturated rings. The van der Waals surface area contributed by atoms with Gasteiger partial charge in [-0.15, -0.1) is 0 Å². The molecule has 1 aromatic carbocycles. The second-order valence-electron chi connectivity index (χ2n) is 7.28. The minimum absolute atomic E-state index is 0.122. The first-order chi connectivity index (χ1) is 15.4. The van der Waals surface area contributed by atoms with Crippen molar-refractivity contribution in [3.63, 3.8) is 0 Å². The van der Waals surface area contributed by atoms with Gasteiger partial charge in [-0.1, -0.05) is 37.3 Å². The fraction of sp³-hybridized carbons (Fsp3) is 0.240. The number of ether oxygens (including phenoxy) is 1. The van der Waals surface area contributed by atoms with E-state index in [1.807, 2.05) is 25.1 Å². The normalized spacial score (nSPS) is 12.0. The van der Waals surface area contributed by atoms with Gasteiger partial charge in [0.2, 0.25) is 0 Å². The number of alkyl halides is 2. The van der Waals surface area contributed by atoms with Crippen LogP contribution in [0.5, 0.6) is 5.75 Å². The van der Waals surface area contributed by atoms with Gasteiger partial charge < -0.3 is 10.1 Å². The first-order valence-corrected chi connectivity index (χ1v) is 10.3. The van der Waals surface area contributed by atoms with E-state index in [-0.39, 0.29) is 5.56 Å². The van der Waals surface area contributed by atoms with E-state index < -0.39 is 6.43 Å². The van der Waals surface area contributed by atoms with Crippen LogP contribution in [-0.2, 0) is 0 Å². The highest BCUT2D eigenvalue weighted by Crippen LogP contribution is 2.33. The second-order valence-corrected chi connectivity index (χ2v) is 7.28. The molecule has 166 valence electrons. The van der Waals surface area contributed by atoms with E-state index in [2.05, 4.69) is 39.8 Å². The average molecular weight is 437 g/mol. The van der Waals surface area contributed by atoms with Crippen molar-refractivity contribution in [3.8, 4) is 17.0 Å². The number of rotatable bonds is 9. The Kier molecular flexibility index (Phi) is 7.65. The van der Waals surface area contributed by atoms with Gasteiger partial charge in [0.1, 0.15) is 23.4 Å². The summed E-state index contributed by atoms with van der Waals surface area (Å²) in [5.74, 6) is 1.16. The van der Waals surface area contributed by atoms with E-state index in [0.717, 1.165) is 17.4 Å². The summed E-state index contributed by atoms with van der Waals surface area (Å²) in [5.41, 5.74) is 3.86.